The van der Waals surface area contributed by atoms with Crippen molar-refractivity contribution in [3.63, 3.8) is 0 Å². The predicted molar refractivity (Wildman–Crippen MR) is 110 cm³/mol. The second kappa shape index (κ2) is 8.95. The molecule has 0 spiro atoms. The maximum atomic E-state index is 14.2. The standard InChI is InChI=1S/C18H18FN3O.C4H4O4/c1-10-14(21-9-20-10)8-11-6-7-15-16(18(11)23)12-4-3-5-13(19)17(12)22(15)2;5-3(6)1-2-4(7)8/h3-5,9,11H,6-8H2,1-2H3,(H,20,21);1-2H,(H,5,6)(H,7,8)/b;2-1-. The van der Waals surface area contributed by atoms with Gasteiger partial charge in [0.15, 0.2) is 5.78 Å². The van der Waals surface area contributed by atoms with Crippen LogP contribution in [0.3, 0.4) is 0 Å². The normalized spacial score (nSPS) is 15.6. The molecule has 162 valence electrons. The molecule has 0 fully saturated rings. The summed E-state index contributed by atoms with van der Waals surface area (Å²) in [4.78, 5) is 39.5. The first kappa shape index (κ1) is 21.9. The zero-order chi connectivity index (χ0) is 22.7. The molecule has 2 heterocycles. The molecule has 0 saturated heterocycles. The Morgan fingerprint density at radius 1 is 1.29 bits per heavy atom. The Labute approximate surface area is 177 Å². The molecule has 1 unspecified atom stereocenters. The van der Waals surface area contributed by atoms with Crippen molar-refractivity contribution in [1.82, 2.24) is 14.5 Å². The van der Waals surface area contributed by atoms with E-state index in [0.29, 0.717) is 29.7 Å². The SMILES string of the molecule is Cc1[nH]cnc1CC1CCc2c(c3cccc(F)c3n2C)C1=O.O=C(O)/C=C\C(=O)O. The van der Waals surface area contributed by atoms with E-state index in [4.69, 9.17) is 10.2 Å². The summed E-state index contributed by atoms with van der Waals surface area (Å²) in [5.74, 6) is -2.75. The number of para-hydroxylation sites is 1. The lowest BCUT2D eigenvalue weighted by Gasteiger charge is -2.21. The van der Waals surface area contributed by atoms with Gasteiger partial charge in [-0.3, -0.25) is 4.79 Å². The summed E-state index contributed by atoms with van der Waals surface area (Å²) in [6, 6.07) is 4.97. The van der Waals surface area contributed by atoms with E-state index in [1.165, 1.54) is 6.07 Å². The number of benzene rings is 1. The summed E-state index contributed by atoms with van der Waals surface area (Å²) in [5.41, 5.74) is 4.13. The molecule has 31 heavy (non-hydrogen) atoms. The third kappa shape index (κ3) is 4.55. The molecule has 0 saturated carbocycles. The maximum absolute atomic E-state index is 14.2. The van der Waals surface area contributed by atoms with Crippen LogP contribution in [0.25, 0.3) is 10.9 Å². The van der Waals surface area contributed by atoms with Gasteiger partial charge in [-0.15, -0.1) is 0 Å². The van der Waals surface area contributed by atoms with Crippen LogP contribution in [-0.4, -0.2) is 42.5 Å². The molecule has 3 aromatic rings. The van der Waals surface area contributed by atoms with Crippen LogP contribution in [0.2, 0.25) is 0 Å². The summed E-state index contributed by atoms with van der Waals surface area (Å²) in [6.07, 6.45) is 4.99. The van der Waals surface area contributed by atoms with Crippen molar-refractivity contribution < 1.29 is 29.0 Å². The number of nitrogens with one attached hydrogen (secondary N) is 1. The van der Waals surface area contributed by atoms with Gasteiger partial charge in [-0.1, -0.05) is 12.1 Å². The third-order valence-corrected chi connectivity index (χ3v) is 5.37. The molecule has 3 N–H and O–H groups in total. The third-order valence-electron chi connectivity index (χ3n) is 5.37. The molecule has 2 aromatic heterocycles. The zero-order valence-electron chi connectivity index (χ0n) is 17.1. The monoisotopic (exact) mass is 427 g/mol. The van der Waals surface area contributed by atoms with Gasteiger partial charge in [0, 0.05) is 53.9 Å². The average molecular weight is 427 g/mol. The molecule has 0 aliphatic heterocycles. The number of carboxylic acid groups (broad SMARTS) is 2. The fraction of sp³-hybridized carbons (Fsp3) is 0.273. The lowest BCUT2D eigenvalue weighted by Crippen LogP contribution is -2.25. The second-order valence-electron chi connectivity index (χ2n) is 7.30. The van der Waals surface area contributed by atoms with Crippen molar-refractivity contribution in [1.29, 1.82) is 0 Å². The Morgan fingerprint density at radius 2 is 1.97 bits per heavy atom. The quantitative estimate of drug-likeness (QED) is 0.550. The van der Waals surface area contributed by atoms with Crippen LogP contribution in [0.4, 0.5) is 4.39 Å². The van der Waals surface area contributed by atoms with Crippen molar-refractivity contribution >= 4 is 28.6 Å². The summed E-state index contributed by atoms with van der Waals surface area (Å²) in [6.45, 7) is 1.97. The van der Waals surface area contributed by atoms with Crippen LogP contribution in [0.1, 0.15) is 33.9 Å². The molecule has 0 amide bonds. The minimum atomic E-state index is -1.26. The van der Waals surface area contributed by atoms with Crippen LogP contribution in [-0.2, 0) is 29.5 Å². The van der Waals surface area contributed by atoms with Crippen LogP contribution in [0.15, 0.2) is 36.7 Å². The Hall–Kier alpha value is -3.75. The Balaban J connectivity index is 0.000000293. The zero-order valence-corrected chi connectivity index (χ0v) is 17.1. The first-order chi connectivity index (χ1) is 14.7. The van der Waals surface area contributed by atoms with Gasteiger partial charge in [-0.25, -0.2) is 19.0 Å². The minimum absolute atomic E-state index is 0.0848. The molecule has 8 nitrogen and oxygen atoms in total. The molecule has 1 atom stereocenters. The molecule has 9 heteroatoms. The van der Waals surface area contributed by atoms with E-state index in [1.54, 1.807) is 12.4 Å². The molecule has 1 aliphatic carbocycles. The number of halogens is 1. The smallest absolute Gasteiger partial charge is 0.328 e. The highest BCUT2D eigenvalue weighted by molar-refractivity contribution is 6.11. The van der Waals surface area contributed by atoms with Crippen molar-refractivity contribution in [2.45, 2.75) is 26.2 Å². The summed E-state index contributed by atoms with van der Waals surface area (Å²) in [5, 5.41) is 16.4. The van der Waals surface area contributed by atoms with Gasteiger partial charge in [0.25, 0.3) is 0 Å². The summed E-state index contributed by atoms with van der Waals surface area (Å²) < 4.78 is 16.0. The van der Waals surface area contributed by atoms with E-state index in [0.717, 1.165) is 35.3 Å². The van der Waals surface area contributed by atoms with Crippen molar-refractivity contribution in [2.24, 2.45) is 13.0 Å². The number of Topliss-reactive ketones (excluding diaryl/α,β-unsaturated/α-hetero) is 1. The molecule has 1 aromatic carbocycles. The number of carboxylic acids is 2. The Morgan fingerprint density at radius 3 is 2.55 bits per heavy atom. The van der Waals surface area contributed by atoms with E-state index < -0.39 is 11.9 Å². The molecule has 1 aliphatic rings. The lowest BCUT2D eigenvalue weighted by molar-refractivity contribution is -0.134. The number of aliphatic carboxylic acids is 2. The highest BCUT2D eigenvalue weighted by Gasteiger charge is 2.33. The highest BCUT2D eigenvalue weighted by Crippen LogP contribution is 2.35. The van der Waals surface area contributed by atoms with Gasteiger partial charge in [0.1, 0.15) is 5.82 Å². The van der Waals surface area contributed by atoms with Crippen molar-refractivity contribution in [2.75, 3.05) is 0 Å². The minimum Gasteiger partial charge on any atom is -0.478 e. The maximum Gasteiger partial charge on any atom is 0.328 e. The number of imidazole rings is 1. The van der Waals surface area contributed by atoms with E-state index >= 15 is 0 Å². The number of aromatic nitrogens is 3. The number of aryl methyl sites for hydroxylation is 2. The Bertz CT molecular complexity index is 1180. The highest BCUT2D eigenvalue weighted by atomic mass is 19.1. The van der Waals surface area contributed by atoms with Gasteiger partial charge >= 0.3 is 11.9 Å². The topological polar surface area (TPSA) is 125 Å². The predicted octanol–water partition coefficient (Wildman–Crippen LogP) is 3.05. The Kier molecular flexibility index (Phi) is 6.33. The summed E-state index contributed by atoms with van der Waals surface area (Å²) in [7, 11) is 1.84. The van der Waals surface area contributed by atoms with Gasteiger partial charge in [0.05, 0.1) is 17.5 Å². The molecule has 0 bridgehead atoms. The molecular formula is C22H22FN3O5. The second-order valence-corrected chi connectivity index (χ2v) is 7.30. The fourth-order valence-corrected chi connectivity index (χ4v) is 3.89. The number of carbonyl (C=O) groups excluding carboxylic acids is 1. The van der Waals surface area contributed by atoms with Crippen LogP contribution >= 0.6 is 0 Å². The van der Waals surface area contributed by atoms with Crippen LogP contribution < -0.4 is 0 Å². The molecular weight excluding hydrogens is 405 g/mol. The number of rotatable bonds is 4. The van der Waals surface area contributed by atoms with Crippen LogP contribution in [0, 0.1) is 18.7 Å². The number of hydrogen-bond acceptors (Lipinski definition) is 4. The van der Waals surface area contributed by atoms with E-state index in [2.05, 4.69) is 9.97 Å². The fourth-order valence-electron chi connectivity index (χ4n) is 3.89. The van der Waals surface area contributed by atoms with Crippen LogP contribution in [0.5, 0.6) is 0 Å². The number of nitrogens with zero attached hydrogens (tertiary/aromatic N) is 2. The molecule has 0 radical (unpaired) electrons. The van der Waals surface area contributed by atoms with E-state index in [9.17, 15) is 18.8 Å². The average Bonchev–Trinajstić information content (AvgIpc) is 3.25. The summed E-state index contributed by atoms with van der Waals surface area (Å²) >= 11 is 0. The first-order valence-corrected chi connectivity index (χ1v) is 9.63. The van der Waals surface area contributed by atoms with Gasteiger partial charge in [0.2, 0.25) is 0 Å². The number of ketones is 1. The van der Waals surface area contributed by atoms with E-state index in [-0.39, 0.29) is 17.5 Å². The number of H-pyrrole nitrogens is 1. The lowest BCUT2D eigenvalue weighted by atomic mass is 9.82. The van der Waals surface area contributed by atoms with Gasteiger partial charge in [-0.05, 0) is 25.8 Å². The number of hydrogen-bond donors (Lipinski definition) is 3. The van der Waals surface area contributed by atoms with Gasteiger partial charge < -0.3 is 19.8 Å². The number of fused-ring (bicyclic) bond motifs is 3. The van der Waals surface area contributed by atoms with Gasteiger partial charge in [-0.2, -0.15) is 0 Å². The first-order valence-electron chi connectivity index (χ1n) is 9.63. The van der Waals surface area contributed by atoms with Crippen molar-refractivity contribution in [3.8, 4) is 0 Å². The number of carbonyl (C=O) groups is 3. The molecule has 4 rings (SSSR count). The van der Waals surface area contributed by atoms with Crippen molar-refractivity contribution in [3.05, 3.63) is 65.1 Å². The largest absolute Gasteiger partial charge is 0.478 e. The number of aromatic amines is 1. The van der Waals surface area contributed by atoms with E-state index in [1.807, 2.05) is 24.6 Å².